The number of halogens is 1. The number of aryl methyl sites for hydroxylation is 1. The molecule has 0 aliphatic rings. The second-order valence-corrected chi connectivity index (χ2v) is 3.77. The first-order valence-electron chi connectivity index (χ1n) is 4.17. The van der Waals surface area contributed by atoms with Crippen LogP contribution in [0.25, 0.3) is 0 Å². The van der Waals surface area contributed by atoms with E-state index >= 15 is 0 Å². The molecule has 1 rings (SSSR count). The molecule has 1 aromatic rings. The van der Waals surface area contributed by atoms with Crippen LogP contribution in [0.15, 0.2) is 22.7 Å². The minimum atomic E-state index is -0.799. The van der Waals surface area contributed by atoms with Crippen LogP contribution in [0.3, 0.4) is 0 Å². The molecular formula is C10H11BrO3. The number of carboxylic acid groups (broad SMARTS) is 1. The van der Waals surface area contributed by atoms with E-state index in [-0.39, 0.29) is 6.42 Å². The van der Waals surface area contributed by atoms with Crippen molar-refractivity contribution in [3.8, 4) is 5.75 Å². The highest BCUT2D eigenvalue weighted by Crippen LogP contribution is 2.23. The number of hydrogen-bond donors (Lipinski definition) is 1. The van der Waals surface area contributed by atoms with Crippen molar-refractivity contribution >= 4 is 21.9 Å². The average molecular weight is 259 g/mol. The van der Waals surface area contributed by atoms with E-state index < -0.39 is 5.97 Å². The first-order valence-corrected chi connectivity index (χ1v) is 4.97. The molecule has 0 fully saturated rings. The van der Waals surface area contributed by atoms with Gasteiger partial charge >= 0.3 is 5.97 Å². The van der Waals surface area contributed by atoms with Crippen molar-refractivity contribution in [2.45, 2.75) is 12.8 Å². The van der Waals surface area contributed by atoms with Crippen LogP contribution in [-0.4, -0.2) is 18.2 Å². The molecule has 1 N–H and O–H groups in total. The summed E-state index contributed by atoms with van der Waals surface area (Å²) in [5.74, 6) is -0.0681. The van der Waals surface area contributed by atoms with E-state index in [0.29, 0.717) is 6.42 Å². The van der Waals surface area contributed by atoms with Crippen molar-refractivity contribution in [2.75, 3.05) is 7.11 Å². The van der Waals surface area contributed by atoms with Gasteiger partial charge in [-0.3, -0.25) is 4.79 Å². The van der Waals surface area contributed by atoms with Crippen molar-refractivity contribution in [3.63, 3.8) is 0 Å². The van der Waals surface area contributed by atoms with Crippen LogP contribution < -0.4 is 4.74 Å². The van der Waals surface area contributed by atoms with Crippen molar-refractivity contribution in [1.82, 2.24) is 0 Å². The summed E-state index contributed by atoms with van der Waals surface area (Å²) in [6.07, 6.45) is 0.602. The largest absolute Gasteiger partial charge is 0.496 e. The highest BCUT2D eigenvalue weighted by atomic mass is 79.9. The monoisotopic (exact) mass is 258 g/mol. The zero-order valence-corrected chi connectivity index (χ0v) is 9.37. The van der Waals surface area contributed by atoms with Gasteiger partial charge in [-0.15, -0.1) is 0 Å². The minimum Gasteiger partial charge on any atom is -0.496 e. The third-order valence-electron chi connectivity index (χ3n) is 1.85. The molecule has 0 bridgehead atoms. The Morgan fingerprint density at radius 3 is 2.86 bits per heavy atom. The maximum Gasteiger partial charge on any atom is 0.303 e. The minimum absolute atomic E-state index is 0.118. The lowest BCUT2D eigenvalue weighted by Gasteiger charge is -2.07. The number of methoxy groups -OCH3 is 1. The lowest BCUT2D eigenvalue weighted by Crippen LogP contribution is -1.99. The summed E-state index contributed by atoms with van der Waals surface area (Å²) in [4.78, 5) is 10.4. The van der Waals surface area contributed by atoms with Crippen LogP contribution >= 0.6 is 15.9 Å². The number of aliphatic carboxylic acids is 1. The summed E-state index contributed by atoms with van der Waals surface area (Å²) < 4.78 is 6.05. The quantitative estimate of drug-likeness (QED) is 0.903. The van der Waals surface area contributed by atoms with Gasteiger partial charge in [-0.2, -0.15) is 0 Å². The molecule has 1 aromatic carbocycles. The van der Waals surface area contributed by atoms with Gasteiger partial charge in [-0.05, 0) is 30.2 Å². The Hall–Kier alpha value is -1.03. The lowest BCUT2D eigenvalue weighted by atomic mass is 10.1. The van der Waals surface area contributed by atoms with Crippen LogP contribution in [0.2, 0.25) is 0 Å². The molecule has 3 nitrogen and oxygen atoms in total. The molecule has 76 valence electrons. The van der Waals surface area contributed by atoms with E-state index in [2.05, 4.69) is 15.9 Å². The summed E-state index contributed by atoms with van der Waals surface area (Å²) in [7, 11) is 1.58. The molecule has 0 saturated carbocycles. The second kappa shape index (κ2) is 5.00. The zero-order chi connectivity index (χ0) is 10.6. The van der Waals surface area contributed by atoms with Gasteiger partial charge in [-0.25, -0.2) is 0 Å². The first kappa shape index (κ1) is 11.0. The molecule has 14 heavy (non-hydrogen) atoms. The number of rotatable bonds is 4. The Labute approximate surface area is 90.8 Å². The SMILES string of the molecule is COc1ccc(Br)cc1CCC(=O)O. The van der Waals surface area contributed by atoms with E-state index in [1.54, 1.807) is 7.11 Å². The van der Waals surface area contributed by atoms with Gasteiger partial charge in [0.25, 0.3) is 0 Å². The second-order valence-electron chi connectivity index (χ2n) is 2.85. The molecule has 0 saturated heterocycles. The average Bonchev–Trinajstić information content (AvgIpc) is 2.15. The third-order valence-corrected chi connectivity index (χ3v) is 2.34. The van der Waals surface area contributed by atoms with Gasteiger partial charge in [0.15, 0.2) is 0 Å². The highest BCUT2D eigenvalue weighted by molar-refractivity contribution is 9.10. The van der Waals surface area contributed by atoms with Crippen LogP contribution in [0, 0.1) is 0 Å². The van der Waals surface area contributed by atoms with Gasteiger partial charge < -0.3 is 9.84 Å². The van der Waals surface area contributed by atoms with E-state index in [9.17, 15) is 4.79 Å². The molecule has 0 heterocycles. The number of ether oxygens (including phenoxy) is 1. The van der Waals surface area contributed by atoms with Gasteiger partial charge in [0.2, 0.25) is 0 Å². The number of benzene rings is 1. The highest BCUT2D eigenvalue weighted by Gasteiger charge is 2.05. The van der Waals surface area contributed by atoms with E-state index in [1.165, 1.54) is 0 Å². The molecule has 0 amide bonds. The van der Waals surface area contributed by atoms with Gasteiger partial charge in [-0.1, -0.05) is 15.9 Å². The molecule has 0 radical (unpaired) electrons. The number of carbonyl (C=O) groups is 1. The van der Waals surface area contributed by atoms with Gasteiger partial charge in [0.1, 0.15) is 5.75 Å². The normalized spacial score (nSPS) is 9.86. The van der Waals surface area contributed by atoms with Crippen molar-refractivity contribution in [2.24, 2.45) is 0 Å². The Morgan fingerprint density at radius 1 is 1.57 bits per heavy atom. The van der Waals surface area contributed by atoms with Crippen LogP contribution in [0.1, 0.15) is 12.0 Å². The Kier molecular flexibility index (Phi) is 3.95. The maximum absolute atomic E-state index is 10.4. The number of hydrogen-bond acceptors (Lipinski definition) is 2. The predicted octanol–water partition coefficient (Wildman–Crippen LogP) is 2.47. The topological polar surface area (TPSA) is 46.5 Å². The Bertz CT molecular complexity index is 336. The van der Waals surface area contributed by atoms with Crippen molar-refractivity contribution < 1.29 is 14.6 Å². The molecule has 0 spiro atoms. The maximum atomic E-state index is 10.4. The van der Waals surface area contributed by atoms with E-state index in [0.717, 1.165) is 15.8 Å². The van der Waals surface area contributed by atoms with Gasteiger partial charge in [0, 0.05) is 10.9 Å². The summed E-state index contributed by atoms with van der Waals surface area (Å²) >= 11 is 3.33. The van der Waals surface area contributed by atoms with Crippen LogP contribution in [0.5, 0.6) is 5.75 Å². The fourth-order valence-electron chi connectivity index (χ4n) is 1.18. The van der Waals surface area contributed by atoms with E-state index in [1.807, 2.05) is 18.2 Å². The molecule has 4 heteroatoms. The van der Waals surface area contributed by atoms with E-state index in [4.69, 9.17) is 9.84 Å². The molecule has 0 unspecified atom stereocenters. The van der Waals surface area contributed by atoms with Crippen molar-refractivity contribution in [1.29, 1.82) is 0 Å². The third kappa shape index (κ3) is 3.03. The van der Waals surface area contributed by atoms with Crippen LogP contribution in [-0.2, 0) is 11.2 Å². The predicted molar refractivity (Wildman–Crippen MR) is 56.7 cm³/mol. The summed E-state index contributed by atoms with van der Waals surface area (Å²) in [6, 6.07) is 5.56. The lowest BCUT2D eigenvalue weighted by molar-refractivity contribution is -0.136. The molecule has 0 atom stereocenters. The van der Waals surface area contributed by atoms with Crippen LogP contribution in [0.4, 0.5) is 0 Å². The van der Waals surface area contributed by atoms with Crippen molar-refractivity contribution in [3.05, 3.63) is 28.2 Å². The standard InChI is InChI=1S/C10H11BrO3/c1-14-9-4-3-8(11)6-7(9)2-5-10(12)13/h3-4,6H,2,5H2,1H3,(H,12,13). The summed E-state index contributed by atoms with van der Waals surface area (Å²) in [6.45, 7) is 0. The fraction of sp³-hybridized carbons (Fsp3) is 0.300. The fourth-order valence-corrected chi connectivity index (χ4v) is 1.59. The van der Waals surface area contributed by atoms with Gasteiger partial charge in [0.05, 0.1) is 7.11 Å². The zero-order valence-electron chi connectivity index (χ0n) is 7.79. The molecule has 0 aromatic heterocycles. The molecule has 0 aliphatic heterocycles. The molecular weight excluding hydrogens is 248 g/mol. The summed E-state index contributed by atoms with van der Waals surface area (Å²) in [5.41, 5.74) is 0.907. The summed E-state index contributed by atoms with van der Waals surface area (Å²) in [5, 5.41) is 8.56. The Balaban J connectivity index is 2.82. The first-order chi connectivity index (χ1) is 6.63. The Morgan fingerprint density at radius 2 is 2.29 bits per heavy atom. The smallest absolute Gasteiger partial charge is 0.303 e. The molecule has 0 aliphatic carbocycles. The number of carboxylic acids is 1.